The molecule has 0 saturated carbocycles. The van der Waals surface area contributed by atoms with E-state index in [4.69, 9.17) is 15.3 Å². The lowest BCUT2D eigenvalue weighted by atomic mass is 9.82. The number of amides is 2. The topological polar surface area (TPSA) is 217 Å². The molecule has 1 aromatic carbocycles. The number of para-hydroxylation sites is 2. The van der Waals surface area contributed by atoms with Crippen molar-refractivity contribution in [1.82, 2.24) is 24.3 Å². The van der Waals surface area contributed by atoms with Crippen molar-refractivity contribution >= 4 is 40.4 Å². The normalized spacial score (nSPS) is 17.4. The maximum absolute atomic E-state index is 13.6. The molecule has 240 valence electrons. The molecule has 0 radical (unpaired) electrons. The maximum Gasteiger partial charge on any atom is 0.331 e. The number of benzene rings is 1. The number of aliphatic carboxylic acids is 1. The van der Waals surface area contributed by atoms with Crippen molar-refractivity contribution in [2.75, 3.05) is 6.54 Å². The van der Waals surface area contributed by atoms with E-state index in [9.17, 15) is 33.6 Å². The average molecular weight is 625 g/mol. The molecule has 2 amide bonds. The number of fused-ring (bicyclic) bond motifs is 1. The predicted molar refractivity (Wildman–Crippen MR) is 159 cm³/mol. The van der Waals surface area contributed by atoms with Gasteiger partial charge in [-0.3, -0.25) is 43.6 Å². The van der Waals surface area contributed by atoms with Crippen LogP contribution in [-0.2, 0) is 32.3 Å². The maximum atomic E-state index is 13.6. The number of carbonyl (C=O) groups is 5. The molecule has 0 spiro atoms. The molecule has 3 heterocycles. The number of carboxylic acids is 1. The largest absolute Gasteiger partial charge is 0.480 e. The second-order valence-corrected chi connectivity index (χ2v) is 11.7. The van der Waals surface area contributed by atoms with E-state index >= 15 is 0 Å². The summed E-state index contributed by atoms with van der Waals surface area (Å²) in [6.07, 6.45) is 1.89. The summed E-state index contributed by atoms with van der Waals surface area (Å²) in [5.41, 5.74) is 3.07. The number of aromatic nitrogens is 3. The molecule has 1 fully saturated rings. The van der Waals surface area contributed by atoms with Crippen LogP contribution >= 0.6 is 0 Å². The Morgan fingerprint density at radius 2 is 1.78 bits per heavy atom. The van der Waals surface area contributed by atoms with Crippen LogP contribution in [0, 0.1) is 11.8 Å². The summed E-state index contributed by atoms with van der Waals surface area (Å²) in [4.78, 5) is 96.0. The van der Waals surface area contributed by atoms with Gasteiger partial charge in [-0.25, -0.2) is 14.3 Å². The van der Waals surface area contributed by atoms with Gasteiger partial charge >= 0.3 is 11.7 Å². The second kappa shape index (κ2) is 13.1. The molecule has 2 aromatic heterocycles. The Morgan fingerprint density at radius 3 is 2.40 bits per heavy atom. The number of nitrogens with two attached hydrogens (primary N) is 1. The average Bonchev–Trinajstić information content (AvgIpc) is 3.63. The van der Waals surface area contributed by atoms with Crippen LogP contribution < -0.4 is 22.3 Å². The highest BCUT2D eigenvalue weighted by Gasteiger charge is 2.47. The summed E-state index contributed by atoms with van der Waals surface area (Å²) in [7, 11) is 0. The molecular formula is C30H36N6O9. The molecule has 4 N–H and O–H groups in total. The van der Waals surface area contributed by atoms with Crippen molar-refractivity contribution < 1.29 is 33.5 Å². The van der Waals surface area contributed by atoms with Gasteiger partial charge in [0, 0.05) is 12.3 Å². The third-order valence-corrected chi connectivity index (χ3v) is 8.09. The number of likely N-dealkylation sites (tertiary alicyclic amines) is 1. The third-order valence-electron chi connectivity index (χ3n) is 8.09. The predicted octanol–water partition coefficient (Wildman–Crippen LogP) is 0.173. The summed E-state index contributed by atoms with van der Waals surface area (Å²) >= 11 is 0. The quantitative estimate of drug-likeness (QED) is 0.182. The van der Waals surface area contributed by atoms with E-state index in [0.717, 1.165) is 16.8 Å². The lowest BCUT2D eigenvalue weighted by Crippen LogP contribution is -2.66. The summed E-state index contributed by atoms with van der Waals surface area (Å²) in [5, 5.41) is 11.3. The Kier molecular flexibility index (Phi) is 9.63. The molecule has 3 atom stereocenters. The molecule has 0 bridgehead atoms. The third kappa shape index (κ3) is 6.54. The number of carboxylic acid groups (broad SMARTS) is 1. The van der Waals surface area contributed by atoms with Crippen molar-refractivity contribution in [3.05, 3.63) is 63.3 Å². The molecule has 1 aliphatic heterocycles. The fourth-order valence-electron chi connectivity index (χ4n) is 5.60. The number of oxazole rings is 1. The molecule has 1 saturated heterocycles. The molecular weight excluding hydrogens is 588 g/mol. The molecule has 0 unspecified atom stereocenters. The van der Waals surface area contributed by atoms with Gasteiger partial charge in [-0.2, -0.15) is 0 Å². The minimum atomic E-state index is -2.28. The van der Waals surface area contributed by atoms with E-state index in [-0.39, 0.29) is 11.8 Å². The molecule has 15 heteroatoms. The smallest absolute Gasteiger partial charge is 0.331 e. The molecule has 1 aliphatic rings. The molecule has 3 aromatic rings. The van der Waals surface area contributed by atoms with Crippen LogP contribution in [0.25, 0.3) is 11.1 Å². The van der Waals surface area contributed by atoms with Gasteiger partial charge in [0.05, 0.1) is 18.6 Å². The molecule has 0 aliphatic carbocycles. The van der Waals surface area contributed by atoms with Crippen molar-refractivity contribution in [2.24, 2.45) is 17.6 Å². The van der Waals surface area contributed by atoms with E-state index in [1.807, 2.05) is 13.8 Å². The van der Waals surface area contributed by atoms with Crippen LogP contribution in [-0.4, -0.2) is 77.6 Å². The first-order valence-electron chi connectivity index (χ1n) is 14.5. The van der Waals surface area contributed by atoms with Gasteiger partial charge in [0.2, 0.25) is 11.7 Å². The van der Waals surface area contributed by atoms with Crippen LogP contribution in [0.15, 0.2) is 50.5 Å². The standard InChI is InChI=1S/C30H36N6O9/c1-16(2)24(25(41)27-32-18-8-5-6-10-20(18)45-27)35-12-7-9-19(35)26(42)33-28(43)30(31,17(3)4)21(37)14-34-13-11-22(38)36(29(34)44)15-23(39)40/h5-6,8,10-11,13,16-17,19,24H,7,9,12,14-15,31H2,1-4H3,(H,39,40)(H,33,42,43)/t19-,24-,30+/m0/s1. The van der Waals surface area contributed by atoms with E-state index < -0.39 is 77.2 Å². The van der Waals surface area contributed by atoms with Gasteiger partial charge in [-0.1, -0.05) is 39.8 Å². The summed E-state index contributed by atoms with van der Waals surface area (Å²) in [6.45, 7) is 5.33. The highest BCUT2D eigenvalue weighted by Crippen LogP contribution is 2.28. The molecule has 45 heavy (non-hydrogen) atoms. The SMILES string of the molecule is CC(C)[C@@H](C(=O)c1nc2ccccc2o1)N1CCC[C@H]1C(=O)NC(=O)[C@](N)(C(=O)Cn1ccc(=O)n(CC(=O)O)c1=O)C(C)C. The highest BCUT2D eigenvalue weighted by molar-refractivity contribution is 6.15. The van der Waals surface area contributed by atoms with E-state index in [1.165, 1.54) is 13.8 Å². The molecule has 4 rings (SSSR count). The van der Waals surface area contributed by atoms with Crippen LogP contribution in [0.3, 0.4) is 0 Å². The Labute approximate surface area is 257 Å². The van der Waals surface area contributed by atoms with Gasteiger partial charge < -0.3 is 15.3 Å². The minimum absolute atomic E-state index is 0.0895. The first kappa shape index (κ1) is 33.1. The van der Waals surface area contributed by atoms with Gasteiger partial charge in [0.25, 0.3) is 17.4 Å². The monoisotopic (exact) mass is 624 g/mol. The van der Waals surface area contributed by atoms with Crippen molar-refractivity contribution in [3.8, 4) is 0 Å². The van der Waals surface area contributed by atoms with Gasteiger partial charge in [-0.15, -0.1) is 0 Å². The van der Waals surface area contributed by atoms with Crippen LogP contribution in [0.5, 0.6) is 0 Å². The lowest BCUT2D eigenvalue weighted by Gasteiger charge is -2.34. The number of hydrogen-bond donors (Lipinski definition) is 3. The van der Waals surface area contributed by atoms with Crippen LogP contribution in [0.4, 0.5) is 0 Å². The first-order valence-corrected chi connectivity index (χ1v) is 14.5. The number of rotatable bonds is 12. The van der Waals surface area contributed by atoms with Crippen molar-refractivity contribution in [3.63, 3.8) is 0 Å². The number of nitrogens with one attached hydrogen (secondary N) is 1. The van der Waals surface area contributed by atoms with E-state index in [1.54, 1.807) is 29.2 Å². The highest BCUT2D eigenvalue weighted by atomic mass is 16.4. The zero-order valence-corrected chi connectivity index (χ0v) is 25.4. The Hall–Kier alpha value is -4.76. The fourth-order valence-corrected chi connectivity index (χ4v) is 5.60. The first-order chi connectivity index (χ1) is 21.2. The zero-order chi connectivity index (χ0) is 33.2. The summed E-state index contributed by atoms with van der Waals surface area (Å²) in [6, 6.07) is 6.16. The number of ketones is 2. The van der Waals surface area contributed by atoms with Gasteiger partial charge in [-0.05, 0) is 43.4 Å². The van der Waals surface area contributed by atoms with Gasteiger partial charge in [0.1, 0.15) is 12.1 Å². The number of carbonyl (C=O) groups excluding carboxylic acids is 4. The number of hydrogen-bond acceptors (Lipinski definition) is 11. The Balaban J connectivity index is 1.55. The molecule has 15 nitrogen and oxygen atoms in total. The zero-order valence-electron chi connectivity index (χ0n) is 25.4. The number of Topliss-reactive ketones (excluding diaryl/α,β-unsaturated/α-hetero) is 2. The van der Waals surface area contributed by atoms with Crippen molar-refractivity contribution in [1.29, 1.82) is 0 Å². The minimum Gasteiger partial charge on any atom is -0.480 e. The summed E-state index contributed by atoms with van der Waals surface area (Å²) in [5.74, 6) is -5.84. The Morgan fingerprint density at radius 1 is 1.09 bits per heavy atom. The van der Waals surface area contributed by atoms with Crippen LogP contribution in [0.2, 0.25) is 0 Å². The lowest BCUT2D eigenvalue weighted by molar-refractivity contribution is -0.142. The van der Waals surface area contributed by atoms with Gasteiger partial charge in [0.15, 0.2) is 16.9 Å². The second-order valence-electron chi connectivity index (χ2n) is 11.7. The van der Waals surface area contributed by atoms with Crippen molar-refractivity contribution in [2.45, 2.75) is 71.2 Å². The Bertz CT molecular complexity index is 1740. The van der Waals surface area contributed by atoms with E-state index in [2.05, 4.69) is 10.3 Å². The van der Waals surface area contributed by atoms with Crippen LogP contribution in [0.1, 0.15) is 51.2 Å². The fraction of sp³-hybridized carbons (Fsp3) is 0.467. The number of imide groups is 1. The van der Waals surface area contributed by atoms with E-state index in [0.29, 0.717) is 35.1 Å². The number of nitrogens with zero attached hydrogens (tertiary/aromatic N) is 4. The summed E-state index contributed by atoms with van der Waals surface area (Å²) < 4.78 is 6.90.